The molecule has 0 unspecified atom stereocenters. The predicted molar refractivity (Wildman–Crippen MR) is 419 cm³/mol. The lowest BCUT2D eigenvalue weighted by Crippen LogP contribution is -2.26. The van der Waals surface area contributed by atoms with Gasteiger partial charge < -0.3 is 0 Å². The summed E-state index contributed by atoms with van der Waals surface area (Å²) in [7, 11) is 0. The number of pyridine rings is 4. The molecule has 4 aromatic heterocycles. The maximum Gasteiger partial charge on any atom is 0.139 e. The van der Waals surface area contributed by atoms with Crippen molar-refractivity contribution < 1.29 is 0 Å². The Labute approximate surface area is 587 Å². The van der Waals surface area contributed by atoms with E-state index in [0.29, 0.717) is 0 Å². The van der Waals surface area contributed by atoms with E-state index < -0.39 is 5.41 Å². The molecule has 16 aromatic rings. The summed E-state index contributed by atoms with van der Waals surface area (Å²) in [4.78, 5) is 25.4. The van der Waals surface area contributed by atoms with Crippen LogP contribution in [0.1, 0.15) is 94.5 Å². The molecule has 0 amide bonds. The van der Waals surface area contributed by atoms with Crippen molar-refractivity contribution in [1.82, 2.24) is 19.9 Å². The number of para-hydroxylation sites is 4. The number of rotatable bonds is 10. The minimum absolute atomic E-state index is 0.289. The molecule has 0 atom stereocenters. The van der Waals surface area contributed by atoms with E-state index in [4.69, 9.17) is 19.9 Å². The Morgan fingerprint density at radius 2 is 0.485 bits per heavy atom. The van der Waals surface area contributed by atoms with Gasteiger partial charge in [0.05, 0.1) is 27.5 Å². The first-order chi connectivity index (χ1) is 49.5. The molecule has 1 spiro atoms. The second-order valence-electron chi connectivity index (χ2n) is 28.6. The lowest BCUT2D eigenvalue weighted by molar-refractivity contribution is 0.660. The highest BCUT2D eigenvalue weighted by Crippen LogP contribution is 2.63. The number of anilines is 6. The van der Waals surface area contributed by atoms with E-state index in [-0.39, 0.29) is 10.8 Å². The van der Waals surface area contributed by atoms with E-state index >= 15 is 0 Å². The summed E-state index contributed by atoms with van der Waals surface area (Å²) in [5, 5.41) is 4.40. The first-order valence-corrected chi connectivity index (χ1v) is 35.0. The van der Waals surface area contributed by atoms with Gasteiger partial charge in [-0.2, -0.15) is 0 Å². The lowest BCUT2D eigenvalue weighted by Gasteiger charge is -2.30. The summed E-state index contributed by atoms with van der Waals surface area (Å²) in [6.07, 6.45) is 9.24. The maximum atomic E-state index is 5.24. The van der Waals surface area contributed by atoms with Gasteiger partial charge in [0.25, 0.3) is 0 Å². The van der Waals surface area contributed by atoms with Gasteiger partial charge in [0.2, 0.25) is 0 Å². The Balaban J connectivity index is 0.617. The zero-order valence-electron chi connectivity index (χ0n) is 56.4. The maximum absolute atomic E-state index is 5.24. The largest absolute Gasteiger partial charge is 0.279 e. The standard InChI is InChI=1S/C95H66N6/c1-93(2)79-53-59(33-43-71(79)73-47-41-67(57-81(73)93)100(89-49-37-63-17-5-13-25-85(63)96-89)90-50-38-64-18-6-14-26-86(64)97-90)29-31-61-35-45-75-76-46-36-62(56-84(76)95(83(75)55-61)77-23-11-9-21-69(77)70-22-10-12-24-78(70)95)32-30-60-34-44-72-74-48-42-68(58-82(74)94(3,4)80(72)54-60)101(91-51-39-65-19-7-15-27-87(65)98-91)92-52-40-66-20-8-16-28-88(66)99-92/h5-58H,1-4H3. The molecule has 4 aliphatic rings. The molecule has 0 saturated heterocycles. The molecule has 0 N–H and O–H groups in total. The van der Waals surface area contributed by atoms with E-state index in [0.717, 1.165) is 101 Å². The third-order valence-electron chi connectivity index (χ3n) is 22.2. The summed E-state index contributed by atoms with van der Waals surface area (Å²) in [5.41, 5.74) is 30.0. The van der Waals surface area contributed by atoms with Gasteiger partial charge in [-0.3, -0.25) is 9.80 Å². The molecular formula is C95H66N6. The van der Waals surface area contributed by atoms with Gasteiger partial charge in [0, 0.05) is 43.7 Å². The van der Waals surface area contributed by atoms with Crippen LogP contribution < -0.4 is 9.80 Å². The highest BCUT2D eigenvalue weighted by molar-refractivity contribution is 5.98. The fourth-order valence-electron chi connectivity index (χ4n) is 17.2. The second-order valence-corrected chi connectivity index (χ2v) is 28.6. The third kappa shape index (κ3) is 9.04. The molecule has 0 saturated carbocycles. The van der Waals surface area contributed by atoms with E-state index in [2.05, 4.69) is 365 Å². The molecule has 6 heteroatoms. The average molecular weight is 1290 g/mol. The minimum atomic E-state index is -0.523. The first kappa shape index (κ1) is 58.5. The van der Waals surface area contributed by atoms with Gasteiger partial charge >= 0.3 is 0 Å². The molecule has 0 fully saturated rings. The number of benzene rings is 12. The van der Waals surface area contributed by atoms with E-state index in [9.17, 15) is 0 Å². The summed E-state index contributed by atoms with van der Waals surface area (Å²) < 4.78 is 0. The van der Waals surface area contributed by atoms with Crippen LogP contribution in [0.5, 0.6) is 0 Å². The smallest absolute Gasteiger partial charge is 0.139 e. The van der Waals surface area contributed by atoms with Crippen molar-refractivity contribution in [2.24, 2.45) is 0 Å². The topological polar surface area (TPSA) is 58.0 Å². The summed E-state index contributed by atoms with van der Waals surface area (Å²) in [5.74, 6) is 3.29. The number of fused-ring (bicyclic) bond motifs is 20. The Morgan fingerprint density at radius 1 is 0.228 bits per heavy atom. The Bertz CT molecular complexity index is 5730. The van der Waals surface area contributed by atoms with E-state index in [1.54, 1.807) is 0 Å². The van der Waals surface area contributed by atoms with Gasteiger partial charge in [-0.05, 0) is 220 Å². The fourth-order valence-corrected chi connectivity index (χ4v) is 17.2. The highest BCUT2D eigenvalue weighted by Gasteiger charge is 2.52. The normalized spacial score (nSPS) is 14.3. The molecule has 0 radical (unpaired) electrons. The second kappa shape index (κ2) is 22.2. The van der Waals surface area contributed by atoms with Crippen LogP contribution in [0, 0.1) is 0 Å². The summed E-state index contributed by atoms with van der Waals surface area (Å²) >= 11 is 0. The molecule has 101 heavy (non-hydrogen) atoms. The minimum Gasteiger partial charge on any atom is -0.279 e. The van der Waals surface area contributed by atoms with Gasteiger partial charge in [-0.25, -0.2) is 19.9 Å². The van der Waals surface area contributed by atoms with E-state index in [1.807, 2.05) is 0 Å². The molecule has 4 aliphatic carbocycles. The number of aromatic nitrogens is 4. The highest BCUT2D eigenvalue weighted by atomic mass is 15.2. The number of nitrogens with zero attached hydrogens (tertiary/aromatic N) is 6. The van der Waals surface area contributed by atoms with Crippen molar-refractivity contribution in [3.8, 4) is 44.5 Å². The average Bonchev–Trinajstić information content (AvgIpc) is 1.51. The van der Waals surface area contributed by atoms with Crippen molar-refractivity contribution in [2.45, 2.75) is 43.9 Å². The number of hydrogen-bond donors (Lipinski definition) is 0. The monoisotopic (exact) mass is 1290 g/mol. The van der Waals surface area contributed by atoms with Crippen LogP contribution in [-0.2, 0) is 16.2 Å². The molecule has 12 aromatic carbocycles. The van der Waals surface area contributed by atoms with Crippen LogP contribution in [0.15, 0.2) is 303 Å². The Morgan fingerprint density at radius 3 is 0.822 bits per heavy atom. The van der Waals surface area contributed by atoms with Crippen LogP contribution in [0.25, 0.3) is 112 Å². The molecule has 0 aliphatic heterocycles. The van der Waals surface area contributed by atoms with Gasteiger partial charge in [-0.1, -0.05) is 246 Å². The molecule has 20 rings (SSSR count). The lowest BCUT2D eigenvalue weighted by atomic mass is 9.70. The number of hydrogen-bond acceptors (Lipinski definition) is 6. The third-order valence-corrected chi connectivity index (χ3v) is 22.2. The molecular weight excluding hydrogens is 1230 g/mol. The van der Waals surface area contributed by atoms with Crippen LogP contribution in [0.3, 0.4) is 0 Å². The van der Waals surface area contributed by atoms with Gasteiger partial charge in [0.1, 0.15) is 23.3 Å². The first-order valence-electron chi connectivity index (χ1n) is 35.0. The van der Waals surface area contributed by atoms with Gasteiger partial charge in [0.15, 0.2) is 0 Å². The Kier molecular flexibility index (Phi) is 12.9. The van der Waals surface area contributed by atoms with Crippen molar-refractivity contribution in [1.29, 1.82) is 0 Å². The Hall–Kier alpha value is -12.6. The van der Waals surface area contributed by atoms with Crippen molar-refractivity contribution in [2.75, 3.05) is 9.80 Å². The summed E-state index contributed by atoms with van der Waals surface area (Å²) in [6, 6.07) is 111. The van der Waals surface area contributed by atoms with Gasteiger partial charge in [-0.15, -0.1) is 0 Å². The quantitative estimate of drug-likeness (QED) is 0.127. The van der Waals surface area contributed by atoms with Crippen LogP contribution in [0.4, 0.5) is 34.6 Å². The SMILES string of the molecule is CC1(C)c2cc(C=Cc3ccc4c(c3)C3(c5ccccc5-c5ccccc53)c3cc(C=Cc5ccc6c(c5)C(C)(C)c5cc(N(c7ccc8ccccc8n7)c7ccc8ccccc8n7)ccc5-6)ccc3-4)ccc2-c2ccc(N(c3ccc4ccccc4n3)c3ccc4ccccc4n3)cc21. The zero-order valence-corrected chi connectivity index (χ0v) is 56.4. The molecule has 6 nitrogen and oxygen atoms in total. The van der Waals surface area contributed by atoms with Crippen molar-refractivity contribution >= 4 is 103 Å². The van der Waals surface area contributed by atoms with Crippen molar-refractivity contribution in [3.63, 3.8) is 0 Å². The van der Waals surface area contributed by atoms with Crippen LogP contribution in [-0.4, -0.2) is 19.9 Å². The van der Waals surface area contributed by atoms with Crippen LogP contribution in [0.2, 0.25) is 0 Å². The van der Waals surface area contributed by atoms with Crippen molar-refractivity contribution in [3.05, 3.63) is 370 Å². The molecule has 476 valence electrons. The summed E-state index contributed by atoms with van der Waals surface area (Å²) in [6.45, 7) is 9.47. The fraction of sp³-hybridized carbons (Fsp3) is 0.0737. The molecule has 0 bridgehead atoms. The van der Waals surface area contributed by atoms with E-state index in [1.165, 1.54) is 89.0 Å². The zero-order chi connectivity index (χ0) is 67.3. The predicted octanol–water partition coefficient (Wildman–Crippen LogP) is 24.1. The molecule has 4 heterocycles. The van der Waals surface area contributed by atoms with Crippen LogP contribution >= 0.6 is 0 Å².